The molecule has 2 heterocycles. The first kappa shape index (κ1) is 25.8. The van der Waals surface area contributed by atoms with Crippen molar-refractivity contribution >= 4 is 63.1 Å². The number of imide groups is 1. The van der Waals surface area contributed by atoms with Gasteiger partial charge in [0.25, 0.3) is 11.1 Å². The summed E-state index contributed by atoms with van der Waals surface area (Å²) >= 11 is 6.81. The summed E-state index contributed by atoms with van der Waals surface area (Å²) < 4.78 is 16.4. The maximum Gasteiger partial charge on any atom is 0.294 e. The van der Waals surface area contributed by atoms with Gasteiger partial charge >= 0.3 is 0 Å². The molecule has 3 aromatic carbocycles. The van der Waals surface area contributed by atoms with Crippen molar-refractivity contribution in [3.05, 3.63) is 105 Å². The van der Waals surface area contributed by atoms with Crippen LogP contribution in [0.25, 0.3) is 17.0 Å². The quantitative estimate of drug-likeness (QED) is 0.270. The fourth-order valence-corrected chi connectivity index (χ4v) is 5.46. The third kappa shape index (κ3) is 4.97. The van der Waals surface area contributed by atoms with Crippen molar-refractivity contribution in [2.75, 3.05) is 11.9 Å². The normalized spacial score (nSPS) is 14.6. The van der Waals surface area contributed by atoms with Gasteiger partial charge in [-0.1, -0.05) is 54.1 Å². The summed E-state index contributed by atoms with van der Waals surface area (Å²) in [4.78, 5) is 39.7. The monoisotopic (exact) mass is 547 g/mol. The van der Waals surface area contributed by atoms with E-state index >= 15 is 0 Å². The summed E-state index contributed by atoms with van der Waals surface area (Å²) in [5.41, 5.74) is 4.35. The van der Waals surface area contributed by atoms with E-state index in [4.69, 9.17) is 11.6 Å². The lowest BCUT2D eigenvalue weighted by Gasteiger charge is -2.13. The molecule has 38 heavy (non-hydrogen) atoms. The number of amides is 3. The lowest BCUT2D eigenvalue weighted by atomic mass is 10.1. The van der Waals surface area contributed by atoms with Crippen molar-refractivity contribution in [1.82, 2.24) is 9.47 Å². The average molecular weight is 548 g/mol. The van der Waals surface area contributed by atoms with E-state index in [1.807, 2.05) is 42.7 Å². The first-order valence-corrected chi connectivity index (χ1v) is 13.0. The van der Waals surface area contributed by atoms with Gasteiger partial charge < -0.3 is 9.88 Å². The second-order valence-electron chi connectivity index (χ2n) is 8.97. The van der Waals surface area contributed by atoms with Crippen LogP contribution in [0.5, 0.6) is 0 Å². The van der Waals surface area contributed by atoms with Gasteiger partial charge in [0, 0.05) is 38.4 Å². The highest BCUT2D eigenvalue weighted by Gasteiger charge is 2.36. The van der Waals surface area contributed by atoms with Crippen LogP contribution >= 0.6 is 23.4 Å². The van der Waals surface area contributed by atoms with E-state index in [9.17, 15) is 18.8 Å². The average Bonchev–Trinajstić information content (AvgIpc) is 3.30. The molecular weight excluding hydrogens is 525 g/mol. The van der Waals surface area contributed by atoms with Crippen molar-refractivity contribution in [2.45, 2.75) is 20.4 Å². The minimum atomic E-state index is -0.539. The van der Waals surface area contributed by atoms with Crippen molar-refractivity contribution in [1.29, 1.82) is 0 Å². The van der Waals surface area contributed by atoms with E-state index in [-0.39, 0.29) is 10.7 Å². The molecule has 5 rings (SSSR count). The van der Waals surface area contributed by atoms with E-state index in [1.165, 1.54) is 6.07 Å². The van der Waals surface area contributed by atoms with Crippen LogP contribution in [0.2, 0.25) is 5.02 Å². The highest BCUT2D eigenvalue weighted by atomic mass is 35.5. The number of aryl methyl sites for hydroxylation is 1. The molecule has 1 saturated heterocycles. The Labute approximate surface area is 228 Å². The SMILES string of the molecule is Cc1ccc(Cl)cc1NC(=O)CN1C(=O)S/C(=C\c2c(C)n(Cc3ccccc3F)c3ccccc23)C1=O. The molecule has 0 bridgehead atoms. The zero-order valence-corrected chi connectivity index (χ0v) is 22.2. The van der Waals surface area contributed by atoms with Crippen molar-refractivity contribution < 1.29 is 18.8 Å². The second-order valence-corrected chi connectivity index (χ2v) is 10.4. The predicted octanol–water partition coefficient (Wildman–Crippen LogP) is 6.77. The topological polar surface area (TPSA) is 71.4 Å². The molecule has 3 amide bonds. The van der Waals surface area contributed by atoms with Gasteiger partial charge in [0.1, 0.15) is 12.4 Å². The number of aromatic nitrogens is 1. The molecule has 0 radical (unpaired) electrons. The number of halogens is 2. The van der Waals surface area contributed by atoms with Crippen molar-refractivity contribution in [3.8, 4) is 0 Å². The predicted molar refractivity (Wildman–Crippen MR) is 150 cm³/mol. The van der Waals surface area contributed by atoms with Crippen LogP contribution in [-0.4, -0.2) is 33.1 Å². The highest BCUT2D eigenvalue weighted by molar-refractivity contribution is 8.18. The summed E-state index contributed by atoms with van der Waals surface area (Å²) in [5, 5.41) is 3.53. The van der Waals surface area contributed by atoms with Crippen LogP contribution in [0.15, 0.2) is 71.6 Å². The van der Waals surface area contributed by atoms with Gasteiger partial charge in [0.05, 0.1) is 11.4 Å². The Kier molecular flexibility index (Phi) is 7.10. The molecule has 9 heteroatoms. The van der Waals surface area contributed by atoms with Gasteiger partial charge in [-0.05, 0) is 61.5 Å². The standard InChI is InChI=1S/C29H23ClFN3O3S/c1-17-11-12-20(30)13-24(17)32-27(35)16-34-28(36)26(38-29(34)37)14-22-18(2)33(25-10-6-4-8-21(22)25)15-19-7-3-5-9-23(19)31/h3-14H,15-16H2,1-2H3,(H,32,35)/b26-14-. The third-order valence-corrected chi connectivity index (χ3v) is 7.63. The van der Waals surface area contributed by atoms with Crippen LogP contribution in [0.3, 0.4) is 0 Å². The number of para-hydroxylation sites is 1. The molecule has 1 aromatic heterocycles. The Morgan fingerprint density at radius 1 is 1.05 bits per heavy atom. The van der Waals surface area contributed by atoms with Crippen molar-refractivity contribution in [3.63, 3.8) is 0 Å². The van der Waals surface area contributed by atoms with Crippen LogP contribution in [-0.2, 0) is 16.1 Å². The van der Waals surface area contributed by atoms with Gasteiger partial charge in [-0.15, -0.1) is 0 Å². The lowest BCUT2D eigenvalue weighted by Crippen LogP contribution is -2.36. The molecule has 0 saturated carbocycles. The number of benzene rings is 3. The third-order valence-electron chi connectivity index (χ3n) is 6.49. The fraction of sp³-hybridized carbons (Fsp3) is 0.138. The Balaban J connectivity index is 1.42. The summed E-state index contributed by atoms with van der Waals surface area (Å²) in [6.45, 7) is 3.62. The summed E-state index contributed by atoms with van der Waals surface area (Å²) in [6.07, 6.45) is 1.68. The van der Waals surface area contributed by atoms with E-state index in [0.717, 1.165) is 44.4 Å². The molecule has 1 aliphatic rings. The van der Waals surface area contributed by atoms with E-state index in [0.29, 0.717) is 22.8 Å². The molecule has 192 valence electrons. The first-order chi connectivity index (χ1) is 18.2. The van der Waals surface area contributed by atoms with Crippen molar-refractivity contribution in [2.24, 2.45) is 0 Å². The number of hydrogen-bond donors (Lipinski definition) is 1. The molecule has 1 fully saturated rings. The summed E-state index contributed by atoms with van der Waals surface area (Å²) in [6, 6.07) is 19.4. The van der Waals surface area contributed by atoms with E-state index < -0.39 is 23.6 Å². The van der Waals surface area contributed by atoms with Gasteiger partial charge in [-0.25, -0.2) is 4.39 Å². The molecule has 0 spiro atoms. The van der Waals surface area contributed by atoms with E-state index in [1.54, 1.807) is 42.5 Å². The van der Waals surface area contributed by atoms with E-state index in [2.05, 4.69) is 5.32 Å². The number of fused-ring (bicyclic) bond motifs is 1. The molecule has 0 unspecified atom stereocenters. The Hall–Kier alpha value is -3.88. The number of carbonyl (C=O) groups is 3. The summed E-state index contributed by atoms with van der Waals surface area (Å²) in [5.74, 6) is -1.33. The number of rotatable bonds is 6. The molecule has 6 nitrogen and oxygen atoms in total. The molecule has 1 aliphatic heterocycles. The van der Waals surface area contributed by atoms with Crippen LogP contribution < -0.4 is 5.32 Å². The highest BCUT2D eigenvalue weighted by Crippen LogP contribution is 2.36. The Morgan fingerprint density at radius 2 is 1.79 bits per heavy atom. The first-order valence-electron chi connectivity index (χ1n) is 11.9. The van der Waals surface area contributed by atoms with Crippen LogP contribution in [0.4, 0.5) is 14.9 Å². The maximum atomic E-state index is 14.4. The number of carbonyl (C=O) groups excluding carboxylic acids is 3. The maximum absolute atomic E-state index is 14.4. The number of hydrogen-bond acceptors (Lipinski definition) is 4. The molecule has 0 atom stereocenters. The zero-order valence-electron chi connectivity index (χ0n) is 20.6. The minimum absolute atomic E-state index is 0.221. The lowest BCUT2D eigenvalue weighted by molar-refractivity contribution is -0.127. The molecule has 1 N–H and O–H groups in total. The number of thioether (sulfide) groups is 1. The number of nitrogens with zero attached hydrogens (tertiary/aromatic N) is 2. The Bertz CT molecular complexity index is 1650. The number of anilines is 1. The number of nitrogens with one attached hydrogen (secondary N) is 1. The second kappa shape index (κ2) is 10.5. The smallest absolute Gasteiger partial charge is 0.294 e. The van der Waals surface area contributed by atoms with Gasteiger partial charge in [-0.3, -0.25) is 19.3 Å². The summed E-state index contributed by atoms with van der Waals surface area (Å²) in [7, 11) is 0. The molecule has 0 aliphatic carbocycles. The van der Waals surface area contributed by atoms with Crippen LogP contribution in [0.1, 0.15) is 22.4 Å². The zero-order chi connectivity index (χ0) is 27.0. The Morgan fingerprint density at radius 3 is 2.58 bits per heavy atom. The van der Waals surface area contributed by atoms with Gasteiger partial charge in [0.15, 0.2) is 0 Å². The molecular formula is C29H23ClFN3O3S. The van der Waals surface area contributed by atoms with Gasteiger partial charge in [-0.2, -0.15) is 0 Å². The largest absolute Gasteiger partial charge is 0.340 e. The molecule has 4 aromatic rings. The van der Waals surface area contributed by atoms with Crippen LogP contribution in [0, 0.1) is 19.7 Å². The fourth-order valence-electron chi connectivity index (χ4n) is 4.47. The minimum Gasteiger partial charge on any atom is -0.340 e. The van der Waals surface area contributed by atoms with Gasteiger partial charge in [0.2, 0.25) is 5.91 Å².